The van der Waals surface area contributed by atoms with E-state index in [-0.39, 0.29) is 11.7 Å². The standard InChI is InChI=1S/C10H11NO4S/c1-15-9(12)3-5-16-7-2-4-11-8(6-7)10(13)14/h2,4,6H,3,5H2,1H3,(H,13,14). The lowest BCUT2D eigenvalue weighted by molar-refractivity contribution is -0.140. The summed E-state index contributed by atoms with van der Waals surface area (Å²) in [5, 5.41) is 8.72. The van der Waals surface area contributed by atoms with Crippen molar-refractivity contribution < 1.29 is 19.4 Å². The molecule has 0 saturated carbocycles. The van der Waals surface area contributed by atoms with Gasteiger partial charge in [0.1, 0.15) is 5.69 Å². The highest BCUT2D eigenvalue weighted by molar-refractivity contribution is 7.99. The predicted octanol–water partition coefficient (Wildman–Crippen LogP) is 1.43. The van der Waals surface area contributed by atoms with Gasteiger partial charge in [0.2, 0.25) is 0 Å². The van der Waals surface area contributed by atoms with Crippen LogP contribution in [0.25, 0.3) is 0 Å². The Hall–Kier alpha value is -1.56. The van der Waals surface area contributed by atoms with Gasteiger partial charge in [0.05, 0.1) is 13.5 Å². The molecule has 6 heteroatoms. The molecule has 1 rings (SSSR count). The van der Waals surface area contributed by atoms with E-state index in [1.165, 1.54) is 31.1 Å². The average molecular weight is 241 g/mol. The Kier molecular flexibility index (Phi) is 4.78. The summed E-state index contributed by atoms with van der Waals surface area (Å²) >= 11 is 1.39. The number of thioether (sulfide) groups is 1. The Balaban J connectivity index is 2.51. The van der Waals surface area contributed by atoms with Crippen LogP contribution < -0.4 is 0 Å². The van der Waals surface area contributed by atoms with Gasteiger partial charge in [-0.2, -0.15) is 0 Å². The van der Waals surface area contributed by atoms with E-state index in [1.807, 2.05) is 0 Å². The molecule has 86 valence electrons. The summed E-state index contributed by atoms with van der Waals surface area (Å²) in [6, 6.07) is 3.18. The van der Waals surface area contributed by atoms with Gasteiger partial charge in [-0.15, -0.1) is 11.8 Å². The zero-order valence-corrected chi connectivity index (χ0v) is 9.49. The van der Waals surface area contributed by atoms with Crippen molar-refractivity contribution in [3.05, 3.63) is 24.0 Å². The SMILES string of the molecule is COC(=O)CCSc1ccnc(C(=O)O)c1. The van der Waals surface area contributed by atoms with Crippen molar-refractivity contribution in [3.8, 4) is 0 Å². The van der Waals surface area contributed by atoms with Crippen molar-refractivity contribution in [2.75, 3.05) is 12.9 Å². The first kappa shape index (κ1) is 12.5. The van der Waals surface area contributed by atoms with Crippen LogP contribution in [-0.2, 0) is 9.53 Å². The van der Waals surface area contributed by atoms with Gasteiger partial charge in [-0.05, 0) is 12.1 Å². The maximum absolute atomic E-state index is 10.8. The number of hydrogen-bond acceptors (Lipinski definition) is 5. The lowest BCUT2D eigenvalue weighted by atomic mass is 10.3. The van der Waals surface area contributed by atoms with E-state index in [9.17, 15) is 9.59 Å². The molecule has 5 nitrogen and oxygen atoms in total. The monoisotopic (exact) mass is 241 g/mol. The third-order valence-electron chi connectivity index (χ3n) is 1.75. The Morgan fingerprint density at radius 3 is 2.94 bits per heavy atom. The molecule has 0 aliphatic heterocycles. The van der Waals surface area contributed by atoms with Crippen molar-refractivity contribution in [1.82, 2.24) is 4.98 Å². The molecule has 0 aliphatic carbocycles. The van der Waals surface area contributed by atoms with Gasteiger partial charge in [-0.3, -0.25) is 4.79 Å². The van der Waals surface area contributed by atoms with Crippen molar-refractivity contribution in [2.45, 2.75) is 11.3 Å². The number of aromatic nitrogens is 1. The molecular formula is C10H11NO4S. The van der Waals surface area contributed by atoms with Crippen LogP contribution in [-0.4, -0.2) is 34.9 Å². The van der Waals surface area contributed by atoms with Crippen LogP contribution in [0.1, 0.15) is 16.9 Å². The molecule has 0 aliphatic rings. The number of nitrogens with zero attached hydrogens (tertiary/aromatic N) is 1. The van der Waals surface area contributed by atoms with Crippen molar-refractivity contribution >= 4 is 23.7 Å². The first-order valence-corrected chi connectivity index (χ1v) is 5.51. The lowest BCUT2D eigenvalue weighted by Gasteiger charge is -2.01. The largest absolute Gasteiger partial charge is 0.477 e. The number of hydrogen-bond donors (Lipinski definition) is 1. The highest BCUT2D eigenvalue weighted by Gasteiger charge is 2.06. The fourth-order valence-corrected chi connectivity index (χ4v) is 1.83. The fourth-order valence-electron chi connectivity index (χ4n) is 0.972. The molecule has 0 amide bonds. The maximum atomic E-state index is 10.8. The first-order chi connectivity index (χ1) is 7.63. The van der Waals surface area contributed by atoms with E-state index in [0.29, 0.717) is 12.2 Å². The second kappa shape index (κ2) is 6.12. The summed E-state index contributed by atoms with van der Waals surface area (Å²) in [7, 11) is 1.34. The number of methoxy groups -OCH3 is 1. The third kappa shape index (κ3) is 3.90. The van der Waals surface area contributed by atoms with Gasteiger partial charge in [0.15, 0.2) is 0 Å². The van der Waals surface area contributed by atoms with Crippen LogP contribution >= 0.6 is 11.8 Å². The molecule has 0 unspecified atom stereocenters. The zero-order valence-electron chi connectivity index (χ0n) is 8.67. The van der Waals surface area contributed by atoms with E-state index in [0.717, 1.165) is 4.90 Å². The van der Waals surface area contributed by atoms with Gasteiger partial charge < -0.3 is 9.84 Å². The van der Waals surface area contributed by atoms with Gasteiger partial charge in [-0.1, -0.05) is 0 Å². The van der Waals surface area contributed by atoms with Gasteiger partial charge in [-0.25, -0.2) is 9.78 Å². The summed E-state index contributed by atoms with van der Waals surface area (Å²) in [6.45, 7) is 0. The van der Waals surface area contributed by atoms with Gasteiger partial charge in [0, 0.05) is 16.8 Å². The average Bonchev–Trinajstić information content (AvgIpc) is 2.29. The fraction of sp³-hybridized carbons (Fsp3) is 0.300. The number of ether oxygens (including phenoxy) is 1. The van der Waals surface area contributed by atoms with Crippen molar-refractivity contribution in [2.24, 2.45) is 0 Å². The number of carbonyl (C=O) groups excluding carboxylic acids is 1. The van der Waals surface area contributed by atoms with Crippen LogP contribution in [0, 0.1) is 0 Å². The smallest absolute Gasteiger partial charge is 0.354 e. The maximum Gasteiger partial charge on any atom is 0.354 e. The van der Waals surface area contributed by atoms with Crippen LogP contribution in [0.5, 0.6) is 0 Å². The van der Waals surface area contributed by atoms with Crippen molar-refractivity contribution in [1.29, 1.82) is 0 Å². The highest BCUT2D eigenvalue weighted by Crippen LogP contribution is 2.18. The molecule has 0 radical (unpaired) electrons. The summed E-state index contributed by atoms with van der Waals surface area (Å²) in [6.07, 6.45) is 1.73. The highest BCUT2D eigenvalue weighted by atomic mass is 32.2. The second-order valence-corrected chi connectivity index (χ2v) is 4.02. The van der Waals surface area contributed by atoms with E-state index in [2.05, 4.69) is 9.72 Å². The van der Waals surface area contributed by atoms with E-state index >= 15 is 0 Å². The second-order valence-electron chi connectivity index (χ2n) is 2.86. The molecule has 1 aromatic rings. The quantitative estimate of drug-likeness (QED) is 0.621. The van der Waals surface area contributed by atoms with E-state index < -0.39 is 5.97 Å². The van der Waals surface area contributed by atoms with Crippen LogP contribution in [0.15, 0.2) is 23.2 Å². The van der Waals surface area contributed by atoms with E-state index in [4.69, 9.17) is 5.11 Å². The summed E-state index contributed by atoms with van der Waals surface area (Å²) in [4.78, 5) is 25.9. The Morgan fingerprint density at radius 2 is 2.31 bits per heavy atom. The minimum absolute atomic E-state index is 0.00284. The lowest BCUT2D eigenvalue weighted by Crippen LogP contribution is -2.02. The molecule has 1 N–H and O–H groups in total. The predicted molar refractivity (Wildman–Crippen MR) is 58.6 cm³/mol. The molecule has 0 atom stereocenters. The molecular weight excluding hydrogens is 230 g/mol. The number of carbonyl (C=O) groups is 2. The molecule has 0 bridgehead atoms. The first-order valence-electron chi connectivity index (χ1n) is 4.52. The Labute approximate surface area is 96.8 Å². The summed E-state index contributed by atoms with van der Waals surface area (Å²) < 4.78 is 4.49. The molecule has 0 spiro atoms. The minimum Gasteiger partial charge on any atom is -0.477 e. The third-order valence-corrected chi connectivity index (χ3v) is 2.75. The number of carboxylic acids is 1. The van der Waals surface area contributed by atoms with Crippen molar-refractivity contribution in [3.63, 3.8) is 0 Å². The van der Waals surface area contributed by atoms with Gasteiger partial charge >= 0.3 is 11.9 Å². The molecule has 0 aromatic carbocycles. The van der Waals surface area contributed by atoms with Crippen LogP contribution in [0.2, 0.25) is 0 Å². The summed E-state index contributed by atoms with van der Waals surface area (Å²) in [5.74, 6) is -0.786. The van der Waals surface area contributed by atoms with Crippen LogP contribution in [0.4, 0.5) is 0 Å². The summed E-state index contributed by atoms with van der Waals surface area (Å²) in [5.41, 5.74) is 0.00284. The molecule has 16 heavy (non-hydrogen) atoms. The number of rotatable bonds is 5. The number of aromatic carboxylic acids is 1. The number of carboxylic acid groups (broad SMARTS) is 1. The number of pyridine rings is 1. The normalized spacial score (nSPS) is 9.81. The van der Waals surface area contributed by atoms with Gasteiger partial charge in [0.25, 0.3) is 0 Å². The molecule has 1 heterocycles. The minimum atomic E-state index is -1.06. The van der Waals surface area contributed by atoms with E-state index in [1.54, 1.807) is 6.07 Å². The van der Waals surface area contributed by atoms with Crippen LogP contribution in [0.3, 0.4) is 0 Å². The molecule has 0 fully saturated rings. The topological polar surface area (TPSA) is 76.5 Å². The zero-order chi connectivity index (χ0) is 12.0. The molecule has 0 saturated heterocycles. The molecule has 1 aromatic heterocycles. The number of esters is 1. The Bertz CT molecular complexity index is 394. The Morgan fingerprint density at radius 1 is 1.56 bits per heavy atom.